The highest BCUT2D eigenvalue weighted by molar-refractivity contribution is 5.66. The average Bonchev–Trinajstić information content (AvgIpc) is 2.82. The Morgan fingerprint density at radius 1 is 1.69 bits per heavy atom. The van der Waals surface area contributed by atoms with Gasteiger partial charge >= 0.3 is 5.97 Å². The number of rotatable bonds is 4. The van der Waals surface area contributed by atoms with E-state index in [-0.39, 0.29) is 6.42 Å². The van der Waals surface area contributed by atoms with Crippen LogP contribution >= 0.6 is 0 Å². The quantitative estimate of drug-likeness (QED) is 0.739. The van der Waals surface area contributed by atoms with Crippen molar-refractivity contribution in [2.24, 2.45) is 0 Å². The van der Waals surface area contributed by atoms with Gasteiger partial charge in [0.25, 0.3) is 0 Å². The third-order valence-electron chi connectivity index (χ3n) is 2.18. The molecule has 13 heavy (non-hydrogen) atoms. The highest BCUT2D eigenvalue weighted by Gasteiger charge is 2.27. The summed E-state index contributed by atoms with van der Waals surface area (Å²) >= 11 is 0. The highest BCUT2D eigenvalue weighted by Crippen LogP contribution is 2.39. The summed E-state index contributed by atoms with van der Waals surface area (Å²) in [5, 5.41) is 16.1. The van der Waals surface area contributed by atoms with Gasteiger partial charge in [-0.05, 0) is 12.8 Å². The molecule has 0 aliphatic heterocycles. The van der Waals surface area contributed by atoms with Crippen molar-refractivity contribution < 1.29 is 9.90 Å². The fourth-order valence-electron chi connectivity index (χ4n) is 1.34. The number of aryl methyl sites for hydroxylation is 1. The van der Waals surface area contributed by atoms with Crippen molar-refractivity contribution in [3.05, 3.63) is 11.9 Å². The van der Waals surface area contributed by atoms with E-state index in [4.69, 9.17) is 5.11 Å². The Labute approximate surface area is 75.4 Å². The maximum Gasteiger partial charge on any atom is 0.305 e. The standard InChI is InChI=1S/C8H11N3O2/c12-8(13)3-4-11-7(5-9-10-11)6-1-2-6/h5-6H,1-4H2,(H,12,13). The molecule has 5 nitrogen and oxygen atoms in total. The Morgan fingerprint density at radius 2 is 2.46 bits per heavy atom. The van der Waals surface area contributed by atoms with Gasteiger partial charge in [-0.25, -0.2) is 4.68 Å². The average molecular weight is 181 g/mol. The Balaban J connectivity index is 2.02. The Hall–Kier alpha value is -1.39. The van der Waals surface area contributed by atoms with E-state index in [2.05, 4.69) is 10.3 Å². The number of carboxylic acid groups (broad SMARTS) is 1. The lowest BCUT2D eigenvalue weighted by Gasteiger charge is -2.01. The second-order valence-corrected chi connectivity index (χ2v) is 3.30. The van der Waals surface area contributed by atoms with Gasteiger partial charge in [0.15, 0.2) is 0 Å². The van der Waals surface area contributed by atoms with Crippen LogP contribution in [0.25, 0.3) is 0 Å². The predicted molar refractivity (Wildman–Crippen MR) is 44.2 cm³/mol. The topological polar surface area (TPSA) is 68.0 Å². The van der Waals surface area contributed by atoms with E-state index in [1.807, 2.05) is 0 Å². The molecule has 0 saturated heterocycles. The first-order valence-electron chi connectivity index (χ1n) is 4.37. The summed E-state index contributed by atoms with van der Waals surface area (Å²) in [6.45, 7) is 0.432. The van der Waals surface area contributed by atoms with Crippen LogP contribution in [0.4, 0.5) is 0 Å². The maximum absolute atomic E-state index is 10.3. The van der Waals surface area contributed by atoms with E-state index in [0.29, 0.717) is 12.5 Å². The summed E-state index contributed by atoms with van der Waals surface area (Å²) in [7, 11) is 0. The highest BCUT2D eigenvalue weighted by atomic mass is 16.4. The molecule has 1 aliphatic carbocycles. The van der Waals surface area contributed by atoms with Crippen LogP contribution in [0.2, 0.25) is 0 Å². The molecule has 0 aromatic carbocycles. The SMILES string of the molecule is O=C(O)CCn1nncc1C1CC1. The van der Waals surface area contributed by atoms with Gasteiger partial charge < -0.3 is 5.11 Å². The second-order valence-electron chi connectivity index (χ2n) is 3.30. The lowest BCUT2D eigenvalue weighted by molar-refractivity contribution is -0.137. The first kappa shape index (κ1) is 8.22. The molecule has 0 unspecified atom stereocenters. The minimum atomic E-state index is -0.794. The van der Waals surface area contributed by atoms with E-state index in [9.17, 15) is 4.79 Å². The molecule has 1 heterocycles. The molecule has 0 radical (unpaired) electrons. The van der Waals surface area contributed by atoms with Gasteiger partial charge in [-0.2, -0.15) is 0 Å². The lowest BCUT2D eigenvalue weighted by atomic mass is 10.3. The van der Waals surface area contributed by atoms with E-state index < -0.39 is 5.97 Å². The van der Waals surface area contributed by atoms with Gasteiger partial charge in [-0.3, -0.25) is 4.79 Å². The van der Waals surface area contributed by atoms with Gasteiger partial charge in [0.1, 0.15) is 0 Å². The van der Waals surface area contributed by atoms with Crippen molar-refractivity contribution in [2.45, 2.75) is 31.7 Å². The molecular weight excluding hydrogens is 170 g/mol. The van der Waals surface area contributed by atoms with Crippen LogP contribution in [0, 0.1) is 0 Å². The first-order valence-corrected chi connectivity index (χ1v) is 4.37. The summed E-state index contributed by atoms with van der Waals surface area (Å²) in [4.78, 5) is 10.3. The molecule has 2 rings (SSSR count). The van der Waals surface area contributed by atoms with E-state index >= 15 is 0 Å². The summed E-state index contributed by atoms with van der Waals surface area (Å²) in [6.07, 6.45) is 4.21. The third-order valence-corrected chi connectivity index (χ3v) is 2.18. The summed E-state index contributed by atoms with van der Waals surface area (Å²) < 4.78 is 1.70. The second kappa shape index (κ2) is 3.16. The number of carbonyl (C=O) groups is 1. The molecule has 0 spiro atoms. The number of aromatic nitrogens is 3. The Kier molecular flexibility index (Phi) is 2.00. The minimum absolute atomic E-state index is 0.114. The van der Waals surface area contributed by atoms with E-state index in [1.165, 1.54) is 12.8 Å². The van der Waals surface area contributed by atoms with Gasteiger partial charge in [-0.1, -0.05) is 5.21 Å². The van der Waals surface area contributed by atoms with Gasteiger partial charge in [0.05, 0.1) is 24.9 Å². The Morgan fingerprint density at radius 3 is 3.08 bits per heavy atom. The fourth-order valence-corrected chi connectivity index (χ4v) is 1.34. The molecule has 1 fully saturated rings. The van der Waals surface area contributed by atoms with Crippen LogP contribution in [-0.4, -0.2) is 26.1 Å². The van der Waals surface area contributed by atoms with E-state index in [1.54, 1.807) is 10.9 Å². The van der Waals surface area contributed by atoms with Crippen molar-refractivity contribution in [3.63, 3.8) is 0 Å². The van der Waals surface area contributed by atoms with Crippen molar-refractivity contribution in [2.75, 3.05) is 0 Å². The fraction of sp³-hybridized carbons (Fsp3) is 0.625. The van der Waals surface area contributed by atoms with Crippen molar-refractivity contribution in [1.29, 1.82) is 0 Å². The van der Waals surface area contributed by atoms with Crippen LogP contribution < -0.4 is 0 Å². The maximum atomic E-state index is 10.3. The van der Waals surface area contributed by atoms with Crippen LogP contribution in [-0.2, 0) is 11.3 Å². The molecule has 1 N–H and O–H groups in total. The molecule has 1 aliphatic rings. The summed E-state index contributed by atoms with van der Waals surface area (Å²) in [6, 6.07) is 0. The zero-order valence-corrected chi connectivity index (χ0v) is 7.18. The Bertz CT molecular complexity index is 317. The lowest BCUT2D eigenvalue weighted by Crippen LogP contribution is -2.08. The van der Waals surface area contributed by atoms with E-state index in [0.717, 1.165) is 5.69 Å². The van der Waals surface area contributed by atoms with Crippen LogP contribution in [0.5, 0.6) is 0 Å². The number of nitrogens with zero attached hydrogens (tertiary/aromatic N) is 3. The van der Waals surface area contributed by atoms with Gasteiger partial charge in [-0.15, -0.1) is 5.10 Å². The minimum Gasteiger partial charge on any atom is -0.481 e. The van der Waals surface area contributed by atoms with Gasteiger partial charge in [0, 0.05) is 5.92 Å². The normalized spacial score (nSPS) is 16.0. The molecule has 1 saturated carbocycles. The third kappa shape index (κ3) is 1.85. The van der Waals surface area contributed by atoms with Crippen molar-refractivity contribution in [3.8, 4) is 0 Å². The van der Waals surface area contributed by atoms with Crippen molar-refractivity contribution >= 4 is 5.97 Å². The number of aliphatic carboxylic acids is 1. The number of hydrogen-bond acceptors (Lipinski definition) is 3. The van der Waals surface area contributed by atoms with Crippen LogP contribution in [0.3, 0.4) is 0 Å². The molecule has 5 heteroatoms. The number of hydrogen-bond donors (Lipinski definition) is 1. The zero-order chi connectivity index (χ0) is 9.26. The summed E-state index contributed by atoms with van der Waals surface area (Å²) in [5.74, 6) is -0.221. The molecule has 0 bridgehead atoms. The van der Waals surface area contributed by atoms with Crippen LogP contribution in [0.15, 0.2) is 6.20 Å². The molecule has 1 aromatic rings. The zero-order valence-electron chi connectivity index (χ0n) is 7.18. The van der Waals surface area contributed by atoms with Gasteiger partial charge in [0.2, 0.25) is 0 Å². The molecule has 0 amide bonds. The molecule has 70 valence electrons. The summed E-state index contributed by atoms with van der Waals surface area (Å²) in [5.41, 5.74) is 1.08. The molecular formula is C8H11N3O2. The van der Waals surface area contributed by atoms with Crippen molar-refractivity contribution in [1.82, 2.24) is 15.0 Å². The molecule has 1 aromatic heterocycles. The molecule has 0 atom stereocenters. The monoisotopic (exact) mass is 181 g/mol. The predicted octanol–water partition coefficient (Wildman–Crippen LogP) is 0.630. The first-order chi connectivity index (χ1) is 6.27. The number of carboxylic acids is 1. The smallest absolute Gasteiger partial charge is 0.305 e. The van der Waals surface area contributed by atoms with Crippen LogP contribution in [0.1, 0.15) is 30.9 Å². The largest absolute Gasteiger partial charge is 0.481 e.